The van der Waals surface area contributed by atoms with Gasteiger partial charge in [-0.05, 0) is 23.6 Å². The van der Waals surface area contributed by atoms with Crippen molar-refractivity contribution in [2.45, 2.75) is 25.9 Å². The zero-order valence-electron chi connectivity index (χ0n) is 17.9. The fourth-order valence-corrected chi connectivity index (χ4v) is 4.63. The smallest absolute Gasteiger partial charge is 0.274 e. The summed E-state index contributed by atoms with van der Waals surface area (Å²) in [6.45, 7) is 6.71. The molecule has 1 unspecified atom stereocenters. The molecule has 1 aromatic heterocycles. The molecule has 0 bridgehead atoms. The minimum atomic E-state index is -0.00250. The van der Waals surface area contributed by atoms with Crippen molar-refractivity contribution < 1.29 is 9.53 Å². The number of benzene rings is 2. The summed E-state index contributed by atoms with van der Waals surface area (Å²) in [5.41, 5.74) is 4.39. The first-order valence-corrected chi connectivity index (χ1v) is 11.0. The zero-order valence-corrected chi connectivity index (χ0v) is 17.9. The molecule has 31 heavy (non-hydrogen) atoms. The zero-order chi connectivity index (χ0) is 21.2. The van der Waals surface area contributed by atoms with Crippen molar-refractivity contribution in [3.8, 4) is 5.88 Å². The third-order valence-electron chi connectivity index (χ3n) is 6.29. The minimum Gasteiger partial charge on any atom is -0.478 e. The van der Waals surface area contributed by atoms with Crippen molar-refractivity contribution >= 4 is 5.91 Å². The van der Waals surface area contributed by atoms with Crippen molar-refractivity contribution in [2.24, 2.45) is 0 Å². The Morgan fingerprint density at radius 1 is 0.968 bits per heavy atom. The van der Waals surface area contributed by atoms with Crippen LogP contribution >= 0.6 is 0 Å². The summed E-state index contributed by atoms with van der Waals surface area (Å²) in [6.07, 6.45) is 0.931. The quantitative estimate of drug-likeness (QED) is 0.653. The molecule has 160 valence electrons. The Kier molecular flexibility index (Phi) is 5.47. The number of amides is 1. The lowest BCUT2D eigenvalue weighted by atomic mass is 9.93. The number of aryl methyl sites for hydroxylation is 2. The summed E-state index contributed by atoms with van der Waals surface area (Å²) in [4.78, 5) is 17.5. The van der Waals surface area contributed by atoms with E-state index in [4.69, 9.17) is 4.74 Å². The molecule has 1 atom stereocenters. The molecule has 6 nitrogen and oxygen atoms in total. The Morgan fingerprint density at radius 3 is 2.45 bits per heavy atom. The van der Waals surface area contributed by atoms with Crippen LogP contribution < -0.4 is 4.74 Å². The van der Waals surface area contributed by atoms with Gasteiger partial charge in [0.25, 0.3) is 5.91 Å². The summed E-state index contributed by atoms with van der Waals surface area (Å²) in [7, 11) is 0. The highest BCUT2D eigenvalue weighted by Gasteiger charge is 2.30. The highest BCUT2D eigenvalue weighted by Crippen LogP contribution is 2.31. The number of carbonyl (C=O) groups excluding carboxylic acids is 1. The molecule has 0 spiro atoms. The van der Waals surface area contributed by atoms with E-state index in [2.05, 4.69) is 71.5 Å². The van der Waals surface area contributed by atoms with Crippen molar-refractivity contribution in [3.63, 3.8) is 0 Å². The largest absolute Gasteiger partial charge is 0.478 e. The van der Waals surface area contributed by atoms with Crippen LogP contribution in [-0.4, -0.2) is 58.3 Å². The molecule has 5 rings (SSSR count). The van der Waals surface area contributed by atoms with Crippen LogP contribution in [0.3, 0.4) is 0 Å². The molecule has 1 amide bonds. The van der Waals surface area contributed by atoms with Crippen LogP contribution in [-0.2, 0) is 6.54 Å². The molecule has 2 aliphatic rings. The third kappa shape index (κ3) is 3.95. The van der Waals surface area contributed by atoms with Gasteiger partial charge in [0.1, 0.15) is 0 Å². The van der Waals surface area contributed by atoms with Gasteiger partial charge in [0.2, 0.25) is 5.88 Å². The Bertz CT molecular complexity index is 1030. The lowest BCUT2D eigenvalue weighted by molar-refractivity contribution is 0.0590. The van der Waals surface area contributed by atoms with Gasteiger partial charge in [0, 0.05) is 45.2 Å². The molecule has 2 aromatic carbocycles. The summed E-state index contributed by atoms with van der Waals surface area (Å²) >= 11 is 0. The average Bonchev–Trinajstić information content (AvgIpc) is 3.26. The molecule has 3 heterocycles. The second-order valence-electron chi connectivity index (χ2n) is 8.29. The Labute approximate surface area is 183 Å². The monoisotopic (exact) mass is 416 g/mol. The molecule has 1 fully saturated rings. The molecule has 2 aliphatic heterocycles. The van der Waals surface area contributed by atoms with Gasteiger partial charge in [-0.2, -0.15) is 5.10 Å². The van der Waals surface area contributed by atoms with Crippen LogP contribution in [0, 0.1) is 6.92 Å². The van der Waals surface area contributed by atoms with Crippen molar-refractivity contribution in [2.75, 3.05) is 32.8 Å². The molecular weight excluding hydrogens is 388 g/mol. The standard InChI is InChI=1S/C25H28N4O2/c1-19-8-5-6-11-21(19)24(20-9-3-2-4-10-20)27-13-15-28(16-14-27)25(30)22-18-23-29(26-22)12-7-17-31-23/h2-6,8-11,18,24H,7,12-17H2,1H3. The van der Waals surface area contributed by atoms with E-state index in [0.717, 1.165) is 26.1 Å². The van der Waals surface area contributed by atoms with Gasteiger partial charge < -0.3 is 9.64 Å². The number of piperazine rings is 1. The number of nitrogens with zero attached hydrogens (tertiary/aromatic N) is 4. The van der Waals surface area contributed by atoms with Crippen LogP contribution in [0.25, 0.3) is 0 Å². The SMILES string of the molecule is Cc1ccccc1C(c1ccccc1)N1CCN(C(=O)c2cc3n(n2)CCCO3)CC1. The van der Waals surface area contributed by atoms with Gasteiger partial charge >= 0.3 is 0 Å². The van der Waals surface area contributed by atoms with Crippen LogP contribution in [0.2, 0.25) is 0 Å². The van der Waals surface area contributed by atoms with E-state index < -0.39 is 0 Å². The Balaban J connectivity index is 1.33. The van der Waals surface area contributed by atoms with Crippen LogP contribution in [0.4, 0.5) is 0 Å². The lowest BCUT2D eigenvalue weighted by Gasteiger charge is -2.40. The number of carbonyl (C=O) groups is 1. The van der Waals surface area contributed by atoms with Crippen LogP contribution in [0.5, 0.6) is 5.88 Å². The maximum atomic E-state index is 13.1. The molecule has 0 N–H and O–H groups in total. The summed E-state index contributed by atoms with van der Waals surface area (Å²) in [6, 6.07) is 21.2. The molecular formula is C25H28N4O2. The maximum absolute atomic E-state index is 13.1. The minimum absolute atomic E-state index is 0.00250. The highest BCUT2D eigenvalue weighted by molar-refractivity contribution is 5.92. The van der Waals surface area contributed by atoms with E-state index in [9.17, 15) is 4.79 Å². The summed E-state index contributed by atoms with van der Waals surface area (Å²) in [5, 5.41) is 4.47. The van der Waals surface area contributed by atoms with Gasteiger partial charge in [0.15, 0.2) is 5.69 Å². The van der Waals surface area contributed by atoms with Crippen LogP contribution in [0.1, 0.15) is 39.6 Å². The van der Waals surface area contributed by atoms with Gasteiger partial charge in [-0.25, -0.2) is 4.68 Å². The lowest BCUT2D eigenvalue weighted by Crippen LogP contribution is -2.50. The topological polar surface area (TPSA) is 50.6 Å². The first-order valence-electron chi connectivity index (χ1n) is 11.0. The number of fused-ring (bicyclic) bond motifs is 1. The van der Waals surface area contributed by atoms with E-state index in [1.54, 1.807) is 10.7 Å². The molecule has 0 radical (unpaired) electrons. The fraction of sp³-hybridized carbons (Fsp3) is 0.360. The second-order valence-corrected chi connectivity index (χ2v) is 8.29. The van der Waals surface area contributed by atoms with Crippen molar-refractivity contribution in [1.82, 2.24) is 19.6 Å². The highest BCUT2D eigenvalue weighted by atomic mass is 16.5. The van der Waals surface area contributed by atoms with E-state index in [1.807, 2.05) is 4.90 Å². The molecule has 0 aliphatic carbocycles. The van der Waals surface area contributed by atoms with E-state index in [0.29, 0.717) is 31.3 Å². The van der Waals surface area contributed by atoms with E-state index in [1.165, 1.54) is 16.7 Å². The summed E-state index contributed by atoms with van der Waals surface area (Å²) in [5.74, 6) is 0.703. The van der Waals surface area contributed by atoms with Crippen molar-refractivity contribution in [1.29, 1.82) is 0 Å². The second kappa shape index (κ2) is 8.55. The fourth-order valence-electron chi connectivity index (χ4n) is 4.63. The van der Waals surface area contributed by atoms with Crippen molar-refractivity contribution in [3.05, 3.63) is 83.0 Å². The van der Waals surface area contributed by atoms with Gasteiger partial charge in [0.05, 0.1) is 12.6 Å². The summed E-state index contributed by atoms with van der Waals surface area (Å²) < 4.78 is 7.42. The normalized spacial score (nSPS) is 17.6. The number of rotatable bonds is 4. The number of hydrogen-bond acceptors (Lipinski definition) is 4. The number of hydrogen-bond donors (Lipinski definition) is 0. The number of ether oxygens (including phenoxy) is 1. The molecule has 1 saturated heterocycles. The van der Waals surface area contributed by atoms with Gasteiger partial charge in [-0.3, -0.25) is 9.69 Å². The first kappa shape index (κ1) is 19.8. The average molecular weight is 417 g/mol. The third-order valence-corrected chi connectivity index (χ3v) is 6.29. The Hall–Kier alpha value is -3.12. The number of aromatic nitrogens is 2. The predicted molar refractivity (Wildman–Crippen MR) is 119 cm³/mol. The maximum Gasteiger partial charge on any atom is 0.274 e. The van der Waals surface area contributed by atoms with E-state index in [-0.39, 0.29) is 11.9 Å². The van der Waals surface area contributed by atoms with Gasteiger partial charge in [-0.15, -0.1) is 0 Å². The van der Waals surface area contributed by atoms with Crippen LogP contribution in [0.15, 0.2) is 60.7 Å². The van der Waals surface area contributed by atoms with Gasteiger partial charge in [-0.1, -0.05) is 54.6 Å². The molecule has 3 aromatic rings. The first-order chi connectivity index (χ1) is 15.2. The molecule has 6 heteroatoms. The Morgan fingerprint density at radius 2 is 1.71 bits per heavy atom. The van der Waals surface area contributed by atoms with E-state index >= 15 is 0 Å². The molecule has 0 saturated carbocycles. The predicted octanol–water partition coefficient (Wildman–Crippen LogP) is 3.52.